The maximum atomic E-state index is 11.5. The van der Waals surface area contributed by atoms with Gasteiger partial charge in [0.25, 0.3) is 0 Å². The molecule has 1 aliphatic heterocycles. The van der Waals surface area contributed by atoms with E-state index in [0.717, 1.165) is 42.5 Å². The number of ether oxygens (including phenoxy) is 2. The van der Waals surface area contributed by atoms with E-state index in [0.29, 0.717) is 34.4 Å². The van der Waals surface area contributed by atoms with Gasteiger partial charge in [0.05, 0.1) is 21.8 Å². The third-order valence-electron chi connectivity index (χ3n) is 6.73. The lowest BCUT2D eigenvalue weighted by Crippen LogP contribution is -2.33. The summed E-state index contributed by atoms with van der Waals surface area (Å²) in [6, 6.07) is 15.2. The molecule has 4 aromatic rings. The zero-order chi connectivity index (χ0) is 28.1. The highest BCUT2D eigenvalue weighted by Crippen LogP contribution is 2.33. The molecule has 3 heterocycles. The second-order valence-corrected chi connectivity index (χ2v) is 12.4. The van der Waals surface area contributed by atoms with Crippen molar-refractivity contribution in [1.29, 1.82) is 5.26 Å². The quantitative estimate of drug-likeness (QED) is 0.260. The summed E-state index contributed by atoms with van der Waals surface area (Å²) in [6.07, 6.45) is 8.31. The summed E-state index contributed by atoms with van der Waals surface area (Å²) < 4.78 is 36.9. The Bertz CT molecular complexity index is 1660. The fraction of sp³-hybridized carbons (Fsp3) is 0.345. The van der Waals surface area contributed by atoms with E-state index in [-0.39, 0.29) is 18.2 Å². The van der Waals surface area contributed by atoms with Crippen LogP contribution in [0.5, 0.6) is 11.5 Å². The molecule has 0 spiro atoms. The van der Waals surface area contributed by atoms with E-state index in [9.17, 15) is 13.7 Å². The fourth-order valence-electron chi connectivity index (χ4n) is 4.83. The molecule has 1 fully saturated rings. The molecule has 0 N–H and O–H groups in total. The lowest BCUT2D eigenvalue weighted by atomic mass is 10.1. The van der Waals surface area contributed by atoms with Crippen LogP contribution < -0.4 is 9.47 Å². The fourth-order valence-corrected chi connectivity index (χ4v) is 5.70. The Kier molecular flexibility index (Phi) is 8.54. The number of likely N-dealkylation sites (tertiary alicyclic amines) is 1. The molecule has 0 atom stereocenters. The number of fused-ring (bicyclic) bond motifs is 1. The zero-order valence-corrected chi connectivity index (χ0v) is 23.8. The summed E-state index contributed by atoms with van der Waals surface area (Å²) in [5, 5.41) is 11.2. The highest BCUT2D eigenvalue weighted by Gasteiger charge is 2.16. The predicted molar refractivity (Wildman–Crippen MR) is 154 cm³/mol. The van der Waals surface area contributed by atoms with E-state index < -0.39 is 9.84 Å². The molecule has 0 radical (unpaired) electrons. The van der Waals surface area contributed by atoms with Crippen molar-refractivity contribution >= 4 is 32.3 Å². The first-order chi connectivity index (χ1) is 19.3. The van der Waals surface area contributed by atoms with E-state index >= 15 is 0 Å². The molecule has 208 valence electrons. The summed E-state index contributed by atoms with van der Waals surface area (Å²) in [5.74, 6) is 1.08. The molecular weight excluding hydrogens is 550 g/mol. The van der Waals surface area contributed by atoms with E-state index in [4.69, 9.17) is 21.1 Å². The second kappa shape index (κ2) is 12.3. The van der Waals surface area contributed by atoms with Crippen molar-refractivity contribution in [3.8, 4) is 23.3 Å². The van der Waals surface area contributed by atoms with E-state index in [2.05, 4.69) is 20.9 Å². The SMILES string of the molecule is CS(=O)(=O)Cc1nccc(COc2ccc3c(ccn3-c3cc(Cl)c(OCCN4CCCCC4)c(C#N)c3)c2)n1. The standard InChI is InChI=1S/C29H30ClN5O4S/c1-40(36,37)20-28-32-9-7-23(33-28)19-39-25-5-6-27-21(16-25)8-12-35(27)24-15-22(18-31)29(26(30)17-24)38-14-13-34-10-3-2-4-11-34/h5-9,12,15-17H,2-4,10-11,13-14,19-20H2,1H3. The minimum Gasteiger partial charge on any atom is -0.489 e. The summed E-state index contributed by atoms with van der Waals surface area (Å²) in [6.45, 7) is 3.64. The maximum absolute atomic E-state index is 11.5. The Hall–Kier alpha value is -3.65. The number of nitriles is 1. The van der Waals surface area contributed by atoms with Crippen LogP contribution in [0.2, 0.25) is 5.02 Å². The van der Waals surface area contributed by atoms with Gasteiger partial charge in [-0.15, -0.1) is 0 Å². The Morgan fingerprint density at radius 1 is 1.07 bits per heavy atom. The van der Waals surface area contributed by atoms with Crippen LogP contribution in [0.15, 0.2) is 54.9 Å². The maximum Gasteiger partial charge on any atom is 0.155 e. The summed E-state index contributed by atoms with van der Waals surface area (Å²) in [7, 11) is -3.23. The molecule has 0 unspecified atom stereocenters. The Labute approximate surface area is 238 Å². The molecule has 0 aliphatic carbocycles. The van der Waals surface area contributed by atoms with Gasteiger partial charge >= 0.3 is 0 Å². The molecule has 9 nitrogen and oxygen atoms in total. The van der Waals surface area contributed by atoms with Gasteiger partial charge < -0.3 is 14.0 Å². The third-order valence-corrected chi connectivity index (χ3v) is 7.80. The summed E-state index contributed by atoms with van der Waals surface area (Å²) in [4.78, 5) is 10.7. The van der Waals surface area contributed by atoms with Crippen LogP contribution in [0.3, 0.4) is 0 Å². The van der Waals surface area contributed by atoms with Crippen LogP contribution in [0.1, 0.15) is 36.3 Å². The van der Waals surface area contributed by atoms with E-state index in [1.54, 1.807) is 12.1 Å². The Morgan fingerprint density at radius 2 is 1.90 bits per heavy atom. The molecule has 0 saturated carbocycles. The Balaban J connectivity index is 1.29. The van der Waals surface area contributed by atoms with E-state index in [1.807, 2.05) is 41.1 Å². The number of rotatable bonds is 10. The van der Waals surface area contributed by atoms with Crippen molar-refractivity contribution in [1.82, 2.24) is 19.4 Å². The van der Waals surface area contributed by atoms with Gasteiger partial charge in [0, 0.05) is 36.3 Å². The lowest BCUT2D eigenvalue weighted by molar-refractivity contribution is 0.183. The number of benzene rings is 2. The van der Waals surface area contributed by atoms with Crippen molar-refractivity contribution in [3.63, 3.8) is 0 Å². The number of halogens is 1. The molecule has 40 heavy (non-hydrogen) atoms. The molecule has 1 saturated heterocycles. The minimum absolute atomic E-state index is 0.172. The molecule has 2 aromatic heterocycles. The van der Waals surface area contributed by atoms with Gasteiger partial charge in [-0.25, -0.2) is 18.4 Å². The highest BCUT2D eigenvalue weighted by atomic mass is 35.5. The minimum atomic E-state index is -3.23. The lowest BCUT2D eigenvalue weighted by Gasteiger charge is -2.26. The van der Waals surface area contributed by atoms with Gasteiger partial charge in [-0.3, -0.25) is 4.90 Å². The summed E-state index contributed by atoms with van der Waals surface area (Å²) >= 11 is 6.61. The van der Waals surface area contributed by atoms with Crippen molar-refractivity contribution in [2.45, 2.75) is 31.6 Å². The average molecular weight is 580 g/mol. The van der Waals surface area contributed by atoms with Crippen molar-refractivity contribution in [2.24, 2.45) is 0 Å². The first-order valence-electron chi connectivity index (χ1n) is 13.1. The van der Waals surface area contributed by atoms with Gasteiger partial charge in [0.2, 0.25) is 0 Å². The van der Waals surface area contributed by atoms with E-state index in [1.165, 1.54) is 25.5 Å². The zero-order valence-electron chi connectivity index (χ0n) is 22.2. The van der Waals surface area contributed by atoms with Gasteiger partial charge in [0.1, 0.15) is 36.6 Å². The van der Waals surface area contributed by atoms with Crippen LogP contribution in [-0.2, 0) is 22.2 Å². The van der Waals surface area contributed by atoms with Crippen molar-refractivity contribution in [2.75, 3.05) is 32.5 Å². The van der Waals surface area contributed by atoms with Crippen molar-refractivity contribution < 1.29 is 17.9 Å². The topological polar surface area (TPSA) is 110 Å². The third kappa shape index (κ3) is 6.91. The molecule has 2 aromatic carbocycles. The monoisotopic (exact) mass is 579 g/mol. The van der Waals surface area contributed by atoms with Gasteiger partial charge in [-0.1, -0.05) is 18.0 Å². The molecule has 0 amide bonds. The molecular formula is C29H30ClN5O4S. The molecule has 1 aliphatic rings. The molecule has 0 bridgehead atoms. The number of piperidine rings is 1. The van der Waals surface area contributed by atoms with Gasteiger partial charge in [-0.05, 0) is 68.4 Å². The number of aromatic nitrogens is 3. The highest BCUT2D eigenvalue weighted by molar-refractivity contribution is 7.89. The number of sulfone groups is 1. The number of nitrogens with zero attached hydrogens (tertiary/aromatic N) is 5. The van der Waals surface area contributed by atoms with Crippen LogP contribution >= 0.6 is 11.6 Å². The smallest absolute Gasteiger partial charge is 0.155 e. The van der Waals surface area contributed by atoms with Crippen LogP contribution in [0.25, 0.3) is 16.6 Å². The first kappa shape index (κ1) is 27.9. The van der Waals surface area contributed by atoms with Gasteiger partial charge in [-0.2, -0.15) is 5.26 Å². The average Bonchev–Trinajstić information content (AvgIpc) is 3.36. The largest absolute Gasteiger partial charge is 0.489 e. The second-order valence-electron chi connectivity index (χ2n) is 9.90. The molecule has 5 rings (SSSR count). The number of hydrogen-bond acceptors (Lipinski definition) is 8. The predicted octanol–water partition coefficient (Wildman–Crippen LogP) is 4.93. The van der Waals surface area contributed by atoms with Crippen LogP contribution in [0.4, 0.5) is 0 Å². The molecule has 11 heteroatoms. The Morgan fingerprint density at radius 3 is 2.67 bits per heavy atom. The van der Waals surface area contributed by atoms with Crippen molar-refractivity contribution in [3.05, 3.63) is 77.0 Å². The van der Waals surface area contributed by atoms with Crippen LogP contribution in [0, 0.1) is 11.3 Å². The van der Waals surface area contributed by atoms with Crippen LogP contribution in [-0.4, -0.2) is 60.3 Å². The first-order valence-corrected chi connectivity index (χ1v) is 15.5. The summed E-state index contributed by atoms with van der Waals surface area (Å²) in [5.41, 5.74) is 2.66. The van der Waals surface area contributed by atoms with Gasteiger partial charge in [0.15, 0.2) is 15.6 Å². The number of hydrogen-bond donors (Lipinski definition) is 0. The normalized spacial score (nSPS) is 14.2.